The predicted molar refractivity (Wildman–Crippen MR) is 342 cm³/mol. The quantitative estimate of drug-likeness (QED) is 0.0206. The molecule has 0 spiro atoms. The van der Waals surface area contributed by atoms with Crippen molar-refractivity contribution in [2.24, 2.45) is 0 Å². The second kappa shape index (κ2) is 37.6. The maximum absolute atomic E-state index is 4.19. The first-order valence-electron chi connectivity index (χ1n) is 33.7. The van der Waals surface area contributed by atoms with Crippen LogP contribution in [0.1, 0.15) is 306 Å². The molecule has 6 heteroatoms. The molecule has 0 saturated heterocycles. The van der Waals surface area contributed by atoms with Gasteiger partial charge in [0.1, 0.15) is 0 Å². The number of aryl methyl sites for hydroxylation is 6. The van der Waals surface area contributed by atoms with Gasteiger partial charge in [0.15, 0.2) is 0 Å². The summed E-state index contributed by atoms with van der Waals surface area (Å²) in [5.41, 5.74) is 21.3. The molecular formula is C72H116N6. The lowest BCUT2D eigenvalue weighted by molar-refractivity contribution is 0.607. The molecule has 6 nitrogen and oxygen atoms in total. The summed E-state index contributed by atoms with van der Waals surface area (Å²) in [7, 11) is 0. The third-order valence-corrected chi connectivity index (χ3v) is 17.3. The van der Waals surface area contributed by atoms with Gasteiger partial charge in [-0.15, -0.1) is 0 Å². The fourth-order valence-corrected chi connectivity index (χ4v) is 12.5. The van der Waals surface area contributed by atoms with Crippen molar-refractivity contribution < 1.29 is 0 Å². The average Bonchev–Trinajstić information content (AvgIpc) is 4.34. The summed E-state index contributed by atoms with van der Waals surface area (Å²) in [6.07, 6.45) is 58.4. The minimum absolute atomic E-state index is 1.08. The van der Waals surface area contributed by atoms with Crippen LogP contribution in [0.3, 0.4) is 0 Å². The summed E-state index contributed by atoms with van der Waals surface area (Å²) in [5.74, 6) is 0. The monoisotopic (exact) mass is 1060 g/mol. The topological polar surface area (TPSA) is 94.7 Å². The number of H-pyrrole nitrogens is 6. The van der Waals surface area contributed by atoms with Crippen LogP contribution in [0.15, 0.2) is 48.8 Å². The highest BCUT2D eigenvalue weighted by Gasteiger charge is 2.23. The fraction of sp³-hybridized carbons (Fsp3) is 0.667. The third kappa shape index (κ3) is 21.0. The normalized spacial score (nSPS) is 11.8. The first kappa shape index (κ1) is 62.9. The lowest BCUT2D eigenvalue weighted by Crippen LogP contribution is -1.90. The van der Waals surface area contributed by atoms with E-state index in [1.54, 1.807) is 0 Å². The molecule has 0 aliphatic heterocycles. The molecule has 78 heavy (non-hydrogen) atoms. The van der Waals surface area contributed by atoms with Crippen LogP contribution in [-0.2, 0) is 38.5 Å². The average molecular weight is 1070 g/mol. The number of aromatic nitrogens is 6. The SMILES string of the molecule is CCCCCCCCc1c[nH]c(-c2[nH]c(-c3[nH]c(-c4[nH]c(-c5[nH]c(-c6[nH]ccc6CCCCCCCC)cc5CCCCCCCC)cc4CCCCCCCC)cc3CCCCCCCC)cc2CCCCCCCC)c1. The van der Waals surface area contributed by atoms with Crippen LogP contribution in [0, 0.1) is 0 Å². The highest BCUT2D eigenvalue weighted by Crippen LogP contribution is 2.39. The molecule has 0 fully saturated rings. The molecule has 6 aromatic heterocycles. The number of hydrogen-bond donors (Lipinski definition) is 6. The van der Waals surface area contributed by atoms with E-state index in [1.165, 1.54) is 321 Å². The smallest absolute Gasteiger partial charge is 0.0657 e. The molecule has 0 unspecified atom stereocenters. The van der Waals surface area contributed by atoms with Gasteiger partial charge in [-0.25, -0.2) is 0 Å². The van der Waals surface area contributed by atoms with Crippen LogP contribution >= 0.6 is 0 Å². The molecule has 0 bridgehead atoms. The zero-order chi connectivity index (χ0) is 54.8. The van der Waals surface area contributed by atoms with Crippen LogP contribution < -0.4 is 0 Å². The number of hydrogen-bond acceptors (Lipinski definition) is 0. The molecule has 6 N–H and O–H groups in total. The second-order valence-corrected chi connectivity index (χ2v) is 24.2. The Morgan fingerprint density at radius 2 is 0.513 bits per heavy atom. The zero-order valence-electron chi connectivity index (χ0n) is 51.3. The Bertz CT molecular complexity index is 2440. The number of rotatable bonds is 47. The maximum atomic E-state index is 4.19. The van der Waals surface area contributed by atoms with Crippen molar-refractivity contribution >= 4 is 0 Å². The van der Waals surface area contributed by atoms with Crippen molar-refractivity contribution in [3.05, 3.63) is 82.2 Å². The molecule has 6 aromatic rings. The number of unbranched alkanes of at least 4 members (excludes halogenated alkanes) is 30. The first-order valence-corrected chi connectivity index (χ1v) is 33.7. The van der Waals surface area contributed by atoms with Gasteiger partial charge in [0.2, 0.25) is 0 Å². The van der Waals surface area contributed by atoms with Crippen LogP contribution in [-0.4, -0.2) is 29.9 Å². The van der Waals surface area contributed by atoms with Gasteiger partial charge in [-0.3, -0.25) is 0 Å². The van der Waals surface area contributed by atoms with Gasteiger partial charge in [-0.2, -0.15) is 0 Å². The van der Waals surface area contributed by atoms with Crippen molar-refractivity contribution in [3.8, 4) is 56.9 Å². The van der Waals surface area contributed by atoms with Crippen molar-refractivity contribution in [2.75, 3.05) is 0 Å². The Kier molecular flexibility index (Phi) is 30.3. The van der Waals surface area contributed by atoms with Gasteiger partial charge >= 0.3 is 0 Å². The predicted octanol–water partition coefficient (Wildman–Crippen LogP) is 23.4. The Balaban J connectivity index is 1.38. The summed E-state index contributed by atoms with van der Waals surface area (Å²) in [6, 6.07) is 14.9. The number of nitrogens with one attached hydrogen (secondary N) is 6. The summed E-state index contributed by atoms with van der Waals surface area (Å²) >= 11 is 0. The van der Waals surface area contributed by atoms with E-state index < -0.39 is 0 Å². The molecule has 0 amide bonds. The highest BCUT2D eigenvalue weighted by atomic mass is 14.9. The van der Waals surface area contributed by atoms with Crippen LogP contribution in [0.2, 0.25) is 0 Å². The van der Waals surface area contributed by atoms with E-state index in [1.807, 2.05) is 0 Å². The molecule has 6 heterocycles. The Morgan fingerprint density at radius 3 is 0.846 bits per heavy atom. The zero-order valence-corrected chi connectivity index (χ0v) is 51.3. The third-order valence-electron chi connectivity index (χ3n) is 17.3. The lowest BCUT2D eigenvalue weighted by atomic mass is 10.0. The molecule has 0 aromatic carbocycles. The van der Waals surface area contributed by atoms with Crippen molar-refractivity contribution in [1.82, 2.24) is 29.9 Å². The van der Waals surface area contributed by atoms with E-state index in [0.717, 1.165) is 38.5 Å². The summed E-state index contributed by atoms with van der Waals surface area (Å²) in [5, 5.41) is 0. The van der Waals surface area contributed by atoms with Gasteiger partial charge in [-0.1, -0.05) is 234 Å². The highest BCUT2D eigenvalue weighted by molar-refractivity contribution is 5.78. The summed E-state index contributed by atoms with van der Waals surface area (Å²) in [6.45, 7) is 13.9. The van der Waals surface area contributed by atoms with Gasteiger partial charge in [0, 0.05) is 12.4 Å². The number of aromatic amines is 6. The Hall–Kier alpha value is -4.32. The molecular weight excluding hydrogens is 949 g/mol. The van der Waals surface area contributed by atoms with E-state index in [9.17, 15) is 0 Å². The lowest BCUT2D eigenvalue weighted by Gasteiger charge is -2.04. The van der Waals surface area contributed by atoms with Gasteiger partial charge in [0.25, 0.3) is 0 Å². The van der Waals surface area contributed by atoms with Crippen molar-refractivity contribution in [1.29, 1.82) is 0 Å². The van der Waals surface area contributed by atoms with E-state index in [2.05, 4.69) is 120 Å². The Morgan fingerprint density at radius 1 is 0.244 bits per heavy atom. The molecule has 6 rings (SSSR count). The van der Waals surface area contributed by atoms with Crippen molar-refractivity contribution in [3.63, 3.8) is 0 Å². The van der Waals surface area contributed by atoms with E-state index in [4.69, 9.17) is 0 Å². The molecule has 0 atom stereocenters. The molecule has 0 radical (unpaired) electrons. The van der Waals surface area contributed by atoms with Crippen LogP contribution in [0.4, 0.5) is 0 Å². The summed E-state index contributed by atoms with van der Waals surface area (Å²) < 4.78 is 0. The largest absolute Gasteiger partial charge is 0.360 e. The summed E-state index contributed by atoms with van der Waals surface area (Å²) in [4.78, 5) is 24.1. The fourth-order valence-electron chi connectivity index (χ4n) is 12.5. The minimum Gasteiger partial charge on any atom is -0.360 e. The van der Waals surface area contributed by atoms with Gasteiger partial charge < -0.3 is 29.9 Å². The second-order valence-electron chi connectivity index (χ2n) is 24.2. The minimum atomic E-state index is 1.08. The molecule has 0 saturated carbocycles. The van der Waals surface area contributed by atoms with E-state index >= 15 is 0 Å². The van der Waals surface area contributed by atoms with Crippen LogP contribution in [0.25, 0.3) is 56.9 Å². The molecule has 0 aliphatic rings. The van der Waals surface area contributed by atoms with E-state index in [-0.39, 0.29) is 0 Å². The van der Waals surface area contributed by atoms with E-state index in [0.29, 0.717) is 0 Å². The standard InChI is InChI=1S/C72H116N6/c1-7-13-19-25-31-37-43-57-51-63(74-56-57)69-59(45-39-33-27-21-15-9-3)53-65(76-69)71-61(47-41-35-29-23-17-11-5)55-67(78-71)72-62(48-42-36-30-24-18-12-6)54-66(77-72)70-60(46-40-34-28-22-16-10-4)52-64(75-70)68-58(49-50-73-68)44-38-32-26-20-14-8-2/h49-56,73-78H,7-48H2,1-6H3. The molecule has 434 valence electrons. The first-order chi connectivity index (χ1) is 38.5. The maximum Gasteiger partial charge on any atom is 0.0657 e. The van der Waals surface area contributed by atoms with Gasteiger partial charge in [0.05, 0.1) is 56.9 Å². The van der Waals surface area contributed by atoms with Crippen molar-refractivity contribution in [2.45, 2.75) is 311 Å². The Labute approximate surface area is 477 Å². The van der Waals surface area contributed by atoms with Gasteiger partial charge in [-0.05, 0) is 147 Å². The molecule has 0 aliphatic carbocycles. The van der Waals surface area contributed by atoms with Crippen LogP contribution in [0.5, 0.6) is 0 Å².